The van der Waals surface area contributed by atoms with E-state index in [-0.39, 0.29) is 36.6 Å². The van der Waals surface area contributed by atoms with Crippen molar-refractivity contribution in [3.05, 3.63) is 62.8 Å². The summed E-state index contributed by atoms with van der Waals surface area (Å²) >= 11 is 0. The van der Waals surface area contributed by atoms with Crippen LogP contribution in [0.15, 0.2) is 45.7 Å². The molecule has 2 atom stereocenters. The van der Waals surface area contributed by atoms with Crippen LogP contribution < -0.4 is 16.0 Å². The van der Waals surface area contributed by atoms with Gasteiger partial charge in [0.05, 0.1) is 28.7 Å². The van der Waals surface area contributed by atoms with Gasteiger partial charge in [0.1, 0.15) is 12.4 Å². The zero-order valence-corrected chi connectivity index (χ0v) is 17.7. The number of morpholine rings is 1. The van der Waals surface area contributed by atoms with Crippen molar-refractivity contribution in [2.24, 2.45) is 0 Å². The molecule has 11 heteroatoms. The summed E-state index contributed by atoms with van der Waals surface area (Å²) in [5, 5.41) is 13.6. The minimum absolute atomic E-state index is 0.0588. The lowest BCUT2D eigenvalue weighted by Crippen LogP contribution is -2.45. The quantitative estimate of drug-likeness (QED) is 0.452. The molecule has 1 fully saturated rings. The molecule has 0 saturated carbocycles. The Morgan fingerprint density at radius 2 is 2.00 bits per heavy atom. The van der Waals surface area contributed by atoms with Gasteiger partial charge in [-0.05, 0) is 31.5 Å². The fourth-order valence-corrected chi connectivity index (χ4v) is 3.79. The molecule has 1 saturated heterocycles. The molecule has 0 spiro atoms. The van der Waals surface area contributed by atoms with Crippen LogP contribution in [0.3, 0.4) is 0 Å². The van der Waals surface area contributed by atoms with E-state index in [1.165, 1.54) is 12.1 Å². The zero-order valence-electron chi connectivity index (χ0n) is 17.7. The van der Waals surface area contributed by atoms with E-state index < -0.39 is 16.6 Å². The van der Waals surface area contributed by atoms with Crippen molar-refractivity contribution in [2.45, 2.75) is 39.1 Å². The maximum atomic E-state index is 12.4. The number of nitrogens with zero attached hydrogens (tertiary/aromatic N) is 4. The Bertz CT molecular complexity index is 1190. The van der Waals surface area contributed by atoms with Crippen LogP contribution in [0.5, 0.6) is 0 Å². The first-order valence-corrected chi connectivity index (χ1v) is 10.2. The number of rotatable bonds is 6. The molecular formula is C21H23N5O6. The van der Waals surface area contributed by atoms with E-state index in [4.69, 9.17) is 9.15 Å². The van der Waals surface area contributed by atoms with Crippen LogP contribution in [-0.4, -0.2) is 45.7 Å². The zero-order chi connectivity index (χ0) is 22.8. The highest BCUT2D eigenvalue weighted by Gasteiger charge is 2.23. The van der Waals surface area contributed by atoms with Crippen molar-refractivity contribution < 1.29 is 18.9 Å². The average molecular weight is 441 g/mol. The van der Waals surface area contributed by atoms with E-state index in [9.17, 15) is 19.7 Å². The molecular weight excluding hydrogens is 418 g/mol. The van der Waals surface area contributed by atoms with E-state index in [1.54, 1.807) is 6.20 Å². The van der Waals surface area contributed by atoms with Gasteiger partial charge in [-0.2, -0.15) is 0 Å². The minimum atomic E-state index is -0.754. The molecule has 2 unspecified atom stereocenters. The van der Waals surface area contributed by atoms with Gasteiger partial charge in [0.2, 0.25) is 5.91 Å². The number of amides is 1. The highest BCUT2D eigenvalue weighted by atomic mass is 16.6. The summed E-state index contributed by atoms with van der Waals surface area (Å²) in [7, 11) is 0. The van der Waals surface area contributed by atoms with Gasteiger partial charge >= 0.3 is 5.76 Å². The van der Waals surface area contributed by atoms with Gasteiger partial charge in [0.15, 0.2) is 5.58 Å². The molecule has 1 aliphatic heterocycles. The van der Waals surface area contributed by atoms with E-state index in [2.05, 4.69) is 15.2 Å². The van der Waals surface area contributed by atoms with Gasteiger partial charge in [-0.1, -0.05) is 6.07 Å². The second-order valence-electron chi connectivity index (χ2n) is 7.83. The third-order valence-corrected chi connectivity index (χ3v) is 5.21. The van der Waals surface area contributed by atoms with Crippen LogP contribution in [0.2, 0.25) is 0 Å². The molecule has 1 amide bonds. The molecule has 168 valence electrons. The lowest BCUT2D eigenvalue weighted by atomic mass is 10.2. The topological polar surface area (TPSA) is 133 Å². The average Bonchev–Trinajstić information content (AvgIpc) is 3.06. The van der Waals surface area contributed by atoms with Crippen molar-refractivity contribution in [1.82, 2.24) is 14.9 Å². The van der Waals surface area contributed by atoms with E-state index >= 15 is 0 Å². The standard InChI is InChI=1S/C21H23N5O6/c1-13-10-24(11-14(2)31-13)19-6-3-15(8-22-19)9-23-20(27)12-25-17-5-4-16(26(29)30)7-18(17)32-21(25)28/h3-8,13-14H,9-12H2,1-2H3,(H,23,27). The van der Waals surface area contributed by atoms with Gasteiger partial charge in [0, 0.05) is 31.9 Å². The lowest BCUT2D eigenvalue weighted by molar-refractivity contribution is -0.384. The summed E-state index contributed by atoms with van der Waals surface area (Å²) in [4.78, 5) is 41.4. The molecule has 11 nitrogen and oxygen atoms in total. The summed E-state index contributed by atoms with van der Waals surface area (Å²) in [5.74, 6) is -0.295. The number of fused-ring (bicyclic) bond motifs is 1. The van der Waals surface area contributed by atoms with Crippen molar-refractivity contribution in [2.75, 3.05) is 18.0 Å². The number of aromatic nitrogens is 2. The fourth-order valence-electron chi connectivity index (χ4n) is 3.79. The Balaban J connectivity index is 1.38. The fraction of sp³-hybridized carbons (Fsp3) is 0.381. The first-order chi connectivity index (χ1) is 15.3. The third kappa shape index (κ3) is 4.62. The predicted octanol–water partition coefficient (Wildman–Crippen LogP) is 1.83. The lowest BCUT2D eigenvalue weighted by Gasteiger charge is -2.36. The van der Waals surface area contributed by atoms with Crippen molar-refractivity contribution in [3.63, 3.8) is 0 Å². The number of nitro groups is 1. The van der Waals surface area contributed by atoms with Gasteiger partial charge in [-0.25, -0.2) is 9.78 Å². The number of oxazole rings is 1. The molecule has 0 aliphatic carbocycles. The number of ether oxygens (including phenoxy) is 1. The molecule has 1 aromatic carbocycles. The van der Waals surface area contributed by atoms with E-state index in [0.717, 1.165) is 35.1 Å². The van der Waals surface area contributed by atoms with Crippen molar-refractivity contribution in [1.29, 1.82) is 0 Å². The summed E-state index contributed by atoms with van der Waals surface area (Å²) in [5.41, 5.74) is 0.996. The number of anilines is 1. The predicted molar refractivity (Wildman–Crippen MR) is 115 cm³/mol. The Morgan fingerprint density at radius 3 is 2.66 bits per heavy atom. The highest BCUT2D eigenvalue weighted by Crippen LogP contribution is 2.20. The second kappa shape index (κ2) is 8.79. The molecule has 3 aromatic rings. The number of nitro benzene ring substituents is 1. The van der Waals surface area contributed by atoms with Crippen LogP contribution in [-0.2, 0) is 22.6 Å². The van der Waals surface area contributed by atoms with Crippen LogP contribution in [0.25, 0.3) is 11.1 Å². The van der Waals surface area contributed by atoms with Crippen molar-refractivity contribution in [3.8, 4) is 0 Å². The Kier molecular flexibility index (Phi) is 5.91. The van der Waals surface area contributed by atoms with Crippen LogP contribution in [0.4, 0.5) is 11.5 Å². The van der Waals surface area contributed by atoms with Crippen molar-refractivity contribution >= 4 is 28.5 Å². The Hall–Kier alpha value is -3.73. The number of nitrogens with one attached hydrogen (secondary N) is 1. The summed E-state index contributed by atoms with van der Waals surface area (Å²) in [6.45, 7) is 5.58. The maximum absolute atomic E-state index is 12.4. The highest BCUT2D eigenvalue weighted by molar-refractivity contribution is 5.80. The van der Waals surface area contributed by atoms with Crippen LogP contribution in [0, 0.1) is 10.1 Å². The van der Waals surface area contributed by atoms with Gasteiger partial charge in [0.25, 0.3) is 5.69 Å². The summed E-state index contributed by atoms with van der Waals surface area (Å²) < 4.78 is 11.9. The van der Waals surface area contributed by atoms with Crippen LogP contribution in [0.1, 0.15) is 19.4 Å². The molecule has 4 rings (SSSR count). The number of benzene rings is 1. The second-order valence-corrected chi connectivity index (χ2v) is 7.83. The molecule has 32 heavy (non-hydrogen) atoms. The monoisotopic (exact) mass is 441 g/mol. The third-order valence-electron chi connectivity index (χ3n) is 5.21. The number of hydrogen-bond acceptors (Lipinski definition) is 8. The molecule has 2 aromatic heterocycles. The number of hydrogen-bond donors (Lipinski definition) is 1. The Labute approximate surface area is 182 Å². The normalized spacial score (nSPS) is 18.6. The molecule has 1 aliphatic rings. The number of pyridine rings is 1. The summed E-state index contributed by atoms with van der Waals surface area (Å²) in [6.07, 6.45) is 1.97. The van der Waals surface area contributed by atoms with Gasteiger partial charge in [-0.15, -0.1) is 0 Å². The number of non-ortho nitro benzene ring substituents is 1. The summed E-state index contributed by atoms with van der Waals surface area (Å²) in [6, 6.07) is 7.62. The van der Waals surface area contributed by atoms with E-state index in [0.29, 0.717) is 5.52 Å². The smallest absolute Gasteiger partial charge is 0.407 e. The van der Waals surface area contributed by atoms with Gasteiger partial charge in [-0.3, -0.25) is 19.5 Å². The number of carbonyl (C=O) groups is 1. The maximum Gasteiger partial charge on any atom is 0.420 e. The van der Waals surface area contributed by atoms with E-state index in [1.807, 2.05) is 26.0 Å². The molecule has 3 heterocycles. The first-order valence-electron chi connectivity index (χ1n) is 10.2. The van der Waals surface area contributed by atoms with Crippen LogP contribution >= 0.6 is 0 Å². The Morgan fingerprint density at radius 1 is 1.25 bits per heavy atom. The number of carbonyl (C=O) groups excluding carboxylic acids is 1. The molecule has 1 N–H and O–H groups in total. The SMILES string of the molecule is CC1CN(c2ccc(CNC(=O)Cn3c(=O)oc4cc([N+](=O)[O-])ccc43)cn2)CC(C)O1. The largest absolute Gasteiger partial charge is 0.420 e. The molecule has 0 radical (unpaired) electrons. The minimum Gasteiger partial charge on any atom is -0.407 e. The van der Waals surface area contributed by atoms with Gasteiger partial charge < -0.3 is 19.4 Å². The molecule has 0 bridgehead atoms. The first kappa shape index (κ1) is 21.5.